The number of hydrogen-bond acceptors (Lipinski definition) is 8. The number of aromatic nitrogens is 2. The van der Waals surface area contributed by atoms with Crippen LogP contribution in [0.4, 0.5) is 0 Å². The van der Waals surface area contributed by atoms with Gasteiger partial charge in [0.25, 0.3) is 0 Å². The van der Waals surface area contributed by atoms with Crippen LogP contribution in [0.1, 0.15) is 29.7 Å². The number of carboxylic acids is 1. The molecule has 1 aliphatic rings. The van der Waals surface area contributed by atoms with Gasteiger partial charge >= 0.3 is 5.97 Å². The summed E-state index contributed by atoms with van der Waals surface area (Å²) in [5, 5.41) is 34.0. The summed E-state index contributed by atoms with van der Waals surface area (Å²) in [6.45, 7) is 0.325. The third-order valence-corrected chi connectivity index (χ3v) is 7.15. The largest absolute Gasteiger partial charge is 0.508 e. The van der Waals surface area contributed by atoms with Crippen LogP contribution in [0.2, 0.25) is 0 Å². The van der Waals surface area contributed by atoms with E-state index in [1.165, 1.54) is 41.7 Å². The number of hydrogen-bond donors (Lipinski definition) is 7. The summed E-state index contributed by atoms with van der Waals surface area (Å²) < 4.78 is 0. The van der Waals surface area contributed by atoms with Gasteiger partial charge in [-0.2, -0.15) is 0 Å². The molecule has 1 saturated heterocycles. The van der Waals surface area contributed by atoms with Crippen molar-refractivity contribution in [1.82, 2.24) is 25.5 Å². The van der Waals surface area contributed by atoms with E-state index in [0.29, 0.717) is 30.6 Å². The minimum atomic E-state index is -1.30. The zero-order valence-corrected chi connectivity index (χ0v) is 22.8. The molecule has 13 heteroatoms. The van der Waals surface area contributed by atoms with Crippen LogP contribution >= 0.6 is 0 Å². The van der Waals surface area contributed by atoms with Crippen LogP contribution in [0.3, 0.4) is 0 Å². The van der Waals surface area contributed by atoms with Crippen LogP contribution < -0.4 is 16.4 Å². The van der Waals surface area contributed by atoms with Gasteiger partial charge in [-0.25, -0.2) is 9.78 Å². The fraction of sp³-hybridized carbons (Fsp3) is 0.345. The summed E-state index contributed by atoms with van der Waals surface area (Å²) in [5.41, 5.74) is 8.07. The van der Waals surface area contributed by atoms with Crippen molar-refractivity contribution in [1.29, 1.82) is 0 Å². The number of phenols is 2. The van der Waals surface area contributed by atoms with E-state index in [0.717, 1.165) is 5.56 Å². The van der Waals surface area contributed by atoms with Gasteiger partial charge in [0, 0.05) is 31.3 Å². The number of aromatic amines is 1. The molecule has 0 aliphatic carbocycles. The van der Waals surface area contributed by atoms with E-state index >= 15 is 0 Å². The Morgan fingerprint density at radius 1 is 0.929 bits per heavy atom. The van der Waals surface area contributed by atoms with Crippen molar-refractivity contribution < 1.29 is 34.5 Å². The predicted molar refractivity (Wildman–Crippen MR) is 150 cm³/mol. The Hall–Kier alpha value is -4.91. The zero-order chi connectivity index (χ0) is 30.2. The molecule has 2 aromatic carbocycles. The van der Waals surface area contributed by atoms with E-state index in [1.807, 2.05) is 0 Å². The van der Waals surface area contributed by atoms with Gasteiger partial charge in [-0.05, 0) is 54.7 Å². The second-order valence-electron chi connectivity index (χ2n) is 10.3. The molecule has 0 radical (unpaired) electrons. The number of benzene rings is 2. The summed E-state index contributed by atoms with van der Waals surface area (Å²) in [6, 6.07) is 8.06. The predicted octanol–water partition coefficient (Wildman–Crippen LogP) is 0.221. The lowest BCUT2D eigenvalue weighted by Crippen LogP contribution is -2.57. The molecule has 2 heterocycles. The Bertz CT molecular complexity index is 1380. The lowest BCUT2D eigenvalue weighted by Gasteiger charge is -2.28. The number of imidazole rings is 1. The highest BCUT2D eigenvalue weighted by Gasteiger charge is 2.38. The van der Waals surface area contributed by atoms with E-state index in [2.05, 4.69) is 20.6 Å². The number of nitrogens with one attached hydrogen (secondary N) is 3. The lowest BCUT2D eigenvalue weighted by atomic mass is 10.0. The Morgan fingerprint density at radius 2 is 1.55 bits per heavy atom. The SMILES string of the molecule is NC(Cc1ccc(O)cc1)C(=O)N1CCCC1C(=O)NC(Cc1cnc[nH]1)C(=O)NC(Cc1ccc(O)cc1)C(=O)O. The number of carboxylic acid groups (broad SMARTS) is 1. The molecule has 3 amide bonds. The maximum Gasteiger partial charge on any atom is 0.326 e. The number of rotatable bonds is 12. The number of H-pyrrole nitrogens is 1. The standard InChI is InChI=1S/C29H34N6O7/c30-22(12-17-3-7-20(36)8-4-17)28(40)35-11-1-2-25(35)27(39)33-23(14-19-15-31-16-32-19)26(38)34-24(29(41)42)13-18-5-9-21(37)10-6-18/h3-10,15-16,22-25,36-37H,1-2,11-14,30H2,(H,31,32)(H,33,39)(H,34,38)(H,41,42). The van der Waals surface area contributed by atoms with Crippen LogP contribution in [0, 0.1) is 0 Å². The molecule has 4 unspecified atom stereocenters. The molecule has 0 spiro atoms. The first kappa shape index (κ1) is 30.1. The van der Waals surface area contributed by atoms with E-state index in [1.54, 1.807) is 24.3 Å². The second kappa shape index (κ2) is 13.6. The average Bonchev–Trinajstić information content (AvgIpc) is 3.67. The summed E-state index contributed by atoms with van der Waals surface area (Å²) in [4.78, 5) is 60.2. The smallest absolute Gasteiger partial charge is 0.326 e. The highest BCUT2D eigenvalue weighted by Crippen LogP contribution is 2.20. The van der Waals surface area contributed by atoms with Gasteiger partial charge in [-0.15, -0.1) is 0 Å². The normalized spacial score (nSPS) is 16.8. The van der Waals surface area contributed by atoms with Gasteiger partial charge in [-0.1, -0.05) is 24.3 Å². The first-order valence-corrected chi connectivity index (χ1v) is 13.5. The van der Waals surface area contributed by atoms with E-state index in [4.69, 9.17) is 5.73 Å². The Balaban J connectivity index is 1.44. The molecule has 13 nitrogen and oxygen atoms in total. The minimum absolute atomic E-state index is 0.00412. The fourth-order valence-electron chi connectivity index (χ4n) is 4.92. The molecule has 1 fully saturated rings. The zero-order valence-electron chi connectivity index (χ0n) is 22.8. The van der Waals surface area contributed by atoms with Gasteiger partial charge in [0.05, 0.1) is 12.4 Å². The maximum absolute atomic E-state index is 13.4. The van der Waals surface area contributed by atoms with E-state index in [9.17, 15) is 34.5 Å². The van der Waals surface area contributed by atoms with Crippen molar-refractivity contribution in [2.75, 3.05) is 6.54 Å². The van der Waals surface area contributed by atoms with E-state index < -0.39 is 47.9 Å². The van der Waals surface area contributed by atoms with Gasteiger partial charge in [0.1, 0.15) is 29.6 Å². The molecule has 42 heavy (non-hydrogen) atoms. The van der Waals surface area contributed by atoms with Gasteiger partial charge in [0.15, 0.2) is 0 Å². The number of carbonyl (C=O) groups is 4. The number of phenolic OH excluding ortho intramolecular Hbond substituents is 2. The number of aliphatic carboxylic acids is 1. The molecule has 3 aromatic rings. The Morgan fingerprint density at radius 3 is 2.12 bits per heavy atom. The summed E-state index contributed by atoms with van der Waals surface area (Å²) in [7, 11) is 0. The summed E-state index contributed by atoms with van der Waals surface area (Å²) in [6.07, 6.45) is 4.03. The van der Waals surface area contributed by atoms with Gasteiger partial charge in [0.2, 0.25) is 17.7 Å². The summed E-state index contributed by atoms with van der Waals surface area (Å²) >= 11 is 0. The van der Waals surface area contributed by atoms with E-state index in [-0.39, 0.29) is 30.8 Å². The molecule has 8 N–H and O–H groups in total. The van der Waals surface area contributed by atoms with Gasteiger partial charge in [-0.3, -0.25) is 14.4 Å². The van der Waals surface area contributed by atoms with Crippen LogP contribution in [0.5, 0.6) is 11.5 Å². The monoisotopic (exact) mass is 578 g/mol. The molecule has 1 aliphatic heterocycles. The van der Waals surface area contributed by atoms with Crippen molar-refractivity contribution in [3.05, 3.63) is 77.9 Å². The molecule has 222 valence electrons. The topological polar surface area (TPSA) is 211 Å². The van der Waals surface area contributed by atoms with Crippen molar-refractivity contribution in [2.45, 2.75) is 56.3 Å². The van der Waals surface area contributed by atoms with Crippen molar-refractivity contribution in [2.24, 2.45) is 5.73 Å². The molecular weight excluding hydrogens is 544 g/mol. The minimum Gasteiger partial charge on any atom is -0.508 e. The van der Waals surface area contributed by atoms with Crippen LogP contribution in [0.15, 0.2) is 61.1 Å². The third-order valence-electron chi connectivity index (χ3n) is 7.15. The van der Waals surface area contributed by atoms with Crippen molar-refractivity contribution >= 4 is 23.7 Å². The average molecular weight is 579 g/mol. The van der Waals surface area contributed by atoms with Crippen LogP contribution in [-0.4, -0.2) is 84.6 Å². The fourth-order valence-corrected chi connectivity index (χ4v) is 4.92. The van der Waals surface area contributed by atoms with Crippen LogP contribution in [0.25, 0.3) is 0 Å². The number of carbonyl (C=O) groups excluding carboxylic acids is 3. The quantitative estimate of drug-likeness (QED) is 0.156. The highest BCUT2D eigenvalue weighted by molar-refractivity contribution is 5.94. The third kappa shape index (κ3) is 7.85. The Kier molecular flexibility index (Phi) is 9.76. The number of aromatic hydroxyl groups is 2. The van der Waals surface area contributed by atoms with Crippen molar-refractivity contribution in [3.63, 3.8) is 0 Å². The number of nitrogens with two attached hydrogens (primary N) is 1. The first-order valence-electron chi connectivity index (χ1n) is 13.5. The van der Waals surface area contributed by atoms with Crippen molar-refractivity contribution in [3.8, 4) is 11.5 Å². The Labute approximate surface area is 241 Å². The first-order chi connectivity index (χ1) is 20.1. The number of nitrogens with zero attached hydrogens (tertiary/aromatic N) is 2. The van der Waals surface area contributed by atoms with Crippen LogP contribution in [-0.2, 0) is 38.4 Å². The number of amides is 3. The molecular formula is C29H34N6O7. The lowest BCUT2D eigenvalue weighted by molar-refractivity contribution is -0.143. The highest BCUT2D eigenvalue weighted by atomic mass is 16.4. The molecule has 4 atom stereocenters. The molecule has 0 saturated carbocycles. The molecule has 4 rings (SSSR count). The number of likely N-dealkylation sites (tertiary alicyclic amines) is 1. The molecule has 0 bridgehead atoms. The maximum atomic E-state index is 13.4. The second-order valence-corrected chi connectivity index (χ2v) is 10.3. The van der Waals surface area contributed by atoms with Gasteiger partial charge < -0.3 is 41.6 Å². The summed E-state index contributed by atoms with van der Waals surface area (Å²) in [5.74, 6) is -2.82. The molecule has 1 aromatic heterocycles.